The van der Waals surface area contributed by atoms with Crippen LogP contribution in [0.3, 0.4) is 0 Å². The van der Waals surface area contributed by atoms with Crippen LogP contribution >= 0.6 is 11.3 Å². The Bertz CT molecular complexity index is 740. The molecule has 108 valence electrons. The van der Waals surface area contributed by atoms with Crippen molar-refractivity contribution in [1.29, 1.82) is 0 Å². The third kappa shape index (κ3) is 3.23. The number of rotatable bonds is 3. The largest absolute Gasteiger partial charge is 0.478 e. The molecule has 0 bridgehead atoms. The number of anilines is 1. The van der Waals surface area contributed by atoms with Crippen molar-refractivity contribution in [2.24, 2.45) is 0 Å². The first-order valence-electron chi connectivity index (χ1n) is 5.56. The molecule has 6 nitrogen and oxygen atoms in total. The van der Waals surface area contributed by atoms with E-state index < -0.39 is 23.7 Å². The van der Waals surface area contributed by atoms with Crippen molar-refractivity contribution in [2.45, 2.75) is 0 Å². The minimum Gasteiger partial charge on any atom is -0.478 e. The lowest BCUT2D eigenvalue weighted by molar-refractivity contribution is -0.147. The van der Waals surface area contributed by atoms with Crippen LogP contribution < -0.4 is 5.32 Å². The molecule has 0 radical (unpaired) electrons. The van der Waals surface area contributed by atoms with Crippen LogP contribution in [-0.2, 0) is 9.59 Å². The van der Waals surface area contributed by atoms with Gasteiger partial charge in [0.1, 0.15) is 10.8 Å². The second-order valence-corrected chi connectivity index (χ2v) is 4.98. The smallest absolute Gasteiger partial charge is 0.394 e. The number of benzene rings is 1. The number of hydrogen-bond donors (Lipinski definition) is 3. The molecule has 0 spiro atoms. The molecule has 1 amide bonds. The summed E-state index contributed by atoms with van der Waals surface area (Å²) in [6.45, 7) is 0. The number of aliphatic carboxylic acids is 1. The van der Waals surface area contributed by atoms with Crippen molar-refractivity contribution in [2.75, 3.05) is 5.32 Å². The molecule has 0 atom stereocenters. The molecular weight excluding hydrogens is 301 g/mol. The number of hydrogen-bond acceptors (Lipinski definition) is 4. The van der Waals surface area contributed by atoms with Gasteiger partial charge in [-0.25, -0.2) is 14.0 Å². The second-order valence-electron chi connectivity index (χ2n) is 3.93. The highest BCUT2D eigenvalue weighted by Gasteiger charge is 2.20. The standard InChI is InChI=1S/C13H8FNO5S/c14-7-3-1-2-6(4-7)9-5-8(12(17)18)11(21-9)15-10(16)13(19)20/h1-5H,(H,15,16)(H,17,18)(H,19,20). The van der Waals surface area contributed by atoms with Crippen molar-refractivity contribution in [3.8, 4) is 10.4 Å². The van der Waals surface area contributed by atoms with Crippen LogP contribution in [0.2, 0.25) is 0 Å². The summed E-state index contributed by atoms with van der Waals surface area (Å²) < 4.78 is 13.2. The maximum absolute atomic E-state index is 13.2. The average molecular weight is 309 g/mol. The van der Waals surface area contributed by atoms with E-state index in [1.54, 1.807) is 6.07 Å². The van der Waals surface area contributed by atoms with E-state index in [-0.39, 0.29) is 10.6 Å². The minimum atomic E-state index is -1.73. The number of aromatic carboxylic acids is 1. The fraction of sp³-hybridized carbons (Fsp3) is 0. The highest BCUT2D eigenvalue weighted by molar-refractivity contribution is 7.20. The van der Waals surface area contributed by atoms with E-state index >= 15 is 0 Å². The first-order valence-corrected chi connectivity index (χ1v) is 6.37. The number of nitrogens with one attached hydrogen (secondary N) is 1. The second kappa shape index (κ2) is 5.71. The molecule has 1 aromatic heterocycles. The fourth-order valence-electron chi connectivity index (χ4n) is 1.58. The molecule has 3 N–H and O–H groups in total. The van der Waals surface area contributed by atoms with E-state index in [1.165, 1.54) is 24.3 Å². The first kappa shape index (κ1) is 14.7. The van der Waals surface area contributed by atoms with Crippen molar-refractivity contribution in [1.82, 2.24) is 0 Å². The van der Waals surface area contributed by atoms with Gasteiger partial charge in [0, 0.05) is 4.88 Å². The van der Waals surface area contributed by atoms with Crippen molar-refractivity contribution in [3.63, 3.8) is 0 Å². The minimum absolute atomic E-state index is 0.117. The van der Waals surface area contributed by atoms with Crippen LogP contribution in [0.5, 0.6) is 0 Å². The lowest BCUT2D eigenvalue weighted by Crippen LogP contribution is -2.22. The van der Waals surface area contributed by atoms with E-state index in [0.717, 1.165) is 11.3 Å². The molecule has 1 heterocycles. The Labute approximate surface area is 121 Å². The van der Waals surface area contributed by atoms with E-state index in [9.17, 15) is 18.8 Å². The summed E-state index contributed by atoms with van der Waals surface area (Å²) in [6.07, 6.45) is 0. The Morgan fingerprint density at radius 3 is 2.43 bits per heavy atom. The molecule has 2 aromatic rings. The van der Waals surface area contributed by atoms with Crippen LogP contribution in [0.1, 0.15) is 10.4 Å². The van der Waals surface area contributed by atoms with Gasteiger partial charge in [-0.2, -0.15) is 0 Å². The predicted molar refractivity (Wildman–Crippen MR) is 72.9 cm³/mol. The fourth-order valence-corrected chi connectivity index (χ4v) is 2.62. The summed E-state index contributed by atoms with van der Waals surface area (Å²) in [5.41, 5.74) is 0.173. The molecule has 0 saturated carbocycles. The Kier molecular flexibility index (Phi) is 3.99. The zero-order chi connectivity index (χ0) is 15.6. The summed E-state index contributed by atoms with van der Waals surface area (Å²) in [6, 6.07) is 6.73. The highest BCUT2D eigenvalue weighted by Crippen LogP contribution is 2.35. The van der Waals surface area contributed by atoms with Gasteiger partial charge in [0.15, 0.2) is 0 Å². The number of halogens is 1. The number of carboxylic acid groups (broad SMARTS) is 2. The molecule has 0 unspecified atom stereocenters. The number of thiophene rings is 1. The van der Waals surface area contributed by atoms with Crippen LogP contribution in [0.15, 0.2) is 30.3 Å². The maximum Gasteiger partial charge on any atom is 0.394 e. The zero-order valence-corrected chi connectivity index (χ0v) is 11.1. The summed E-state index contributed by atoms with van der Waals surface area (Å²) >= 11 is 0.853. The van der Waals surface area contributed by atoms with Gasteiger partial charge in [-0.1, -0.05) is 12.1 Å². The lowest BCUT2D eigenvalue weighted by Gasteiger charge is -1.99. The molecule has 8 heteroatoms. The van der Waals surface area contributed by atoms with Crippen LogP contribution in [-0.4, -0.2) is 28.1 Å². The Balaban J connectivity index is 2.44. The monoisotopic (exact) mass is 309 g/mol. The molecule has 0 fully saturated rings. The van der Waals surface area contributed by atoms with Gasteiger partial charge in [-0.15, -0.1) is 11.3 Å². The summed E-state index contributed by atoms with van der Waals surface area (Å²) in [7, 11) is 0. The molecular formula is C13H8FNO5S. The van der Waals surface area contributed by atoms with E-state index in [0.29, 0.717) is 10.4 Å². The van der Waals surface area contributed by atoms with Crippen molar-refractivity contribution >= 4 is 34.2 Å². The van der Waals surface area contributed by atoms with E-state index in [4.69, 9.17) is 10.2 Å². The molecule has 1 aromatic carbocycles. The summed E-state index contributed by atoms with van der Waals surface area (Å²) in [5, 5.41) is 19.5. The number of amides is 1. The Morgan fingerprint density at radius 2 is 1.86 bits per heavy atom. The van der Waals surface area contributed by atoms with Crippen molar-refractivity contribution in [3.05, 3.63) is 41.7 Å². The van der Waals surface area contributed by atoms with Gasteiger partial charge in [0.25, 0.3) is 0 Å². The lowest BCUT2D eigenvalue weighted by atomic mass is 10.1. The first-order chi connectivity index (χ1) is 9.88. The molecule has 0 aliphatic carbocycles. The number of carboxylic acids is 2. The van der Waals surface area contributed by atoms with Crippen LogP contribution in [0, 0.1) is 5.82 Å². The van der Waals surface area contributed by atoms with Gasteiger partial charge in [0.2, 0.25) is 0 Å². The number of carbonyl (C=O) groups is 3. The zero-order valence-electron chi connectivity index (χ0n) is 10.3. The summed E-state index contributed by atoms with van der Waals surface area (Å²) in [5.74, 6) is -4.89. The number of carbonyl (C=O) groups excluding carboxylic acids is 1. The predicted octanol–water partition coefficient (Wildman–Crippen LogP) is 2.28. The van der Waals surface area contributed by atoms with Gasteiger partial charge >= 0.3 is 17.8 Å². The summed E-state index contributed by atoms with van der Waals surface area (Å²) in [4.78, 5) is 33.1. The van der Waals surface area contributed by atoms with Gasteiger partial charge < -0.3 is 15.5 Å². The normalized spacial score (nSPS) is 10.1. The quantitative estimate of drug-likeness (QED) is 0.755. The van der Waals surface area contributed by atoms with Gasteiger partial charge in [-0.05, 0) is 23.8 Å². The molecule has 21 heavy (non-hydrogen) atoms. The Hall–Kier alpha value is -2.74. The third-order valence-corrected chi connectivity index (χ3v) is 3.59. The van der Waals surface area contributed by atoms with Crippen LogP contribution in [0.4, 0.5) is 9.39 Å². The maximum atomic E-state index is 13.2. The highest BCUT2D eigenvalue weighted by atomic mass is 32.1. The molecule has 2 rings (SSSR count). The SMILES string of the molecule is O=C(O)C(=O)Nc1sc(-c2cccc(F)c2)cc1C(=O)O. The topological polar surface area (TPSA) is 104 Å². The van der Waals surface area contributed by atoms with E-state index in [1.807, 2.05) is 5.32 Å². The molecule has 0 aliphatic rings. The Morgan fingerprint density at radius 1 is 1.14 bits per heavy atom. The van der Waals surface area contributed by atoms with E-state index in [2.05, 4.69) is 0 Å². The van der Waals surface area contributed by atoms with Gasteiger partial charge in [-0.3, -0.25) is 4.79 Å². The molecule has 0 aliphatic heterocycles. The average Bonchev–Trinajstić information content (AvgIpc) is 2.82. The molecule has 0 saturated heterocycles. The van der Waals surface area contributed by atoms with Gasteiger partial charge in [0.05, 0.1) is 5.56 Å². The van der Waals surface area contributed by atoms with Crippen molar-refractivity contribution < 1.29 is 29.0 Å². The van der Waals surface area contributed by atoms with Crippen LogP contribution in [0.25, 0.3) is 10.4 Å². The third-order valence-electron chi connectivity index (χ3n) is 2.49.